The number of nitrogens with two attached hydrogens (primary N) is 2. The first-order valence-corrected chi connectivity index (χ1v) is 5.36. The van der Waals surface area contributed by atoms with Gasteiger partial charge in [0.15, 0.2) is 5.96 Å². The molecule has 94 valence electrons. The van der Waals surface area contributed by atoms with Gasteiger partial charge in [0.05, 0.1) is 7.11 Å². The molecule has 5 N–H and O–H groups in total. The van der Waals surface area contributed by atoms with Gasteiger partial charge >= 0.3 is 5.97 Å². The number of carbonyl (C=O) groups excluding carboxylic acids is 1. The standard InChI is InChI=1S/C10H22N4O2/c1-7(2)14-8(9(15)16-3)5-4-6-13-10(11)12/h7-8,14H,4-6H2,1-3H3,(H4,11,12,13). The van der Waals surface area contributed by atoms with E-state index in [0.717, 1.165) is 6.42 Å². The minimum absolute atomic E-state index is 0.0754. The Bertz CT molecular complexity index is 237. The summed E-state index contributed by atoms with van der Waals surface area (Å²) in [5, 5.41) is 3.13. The molecule has 0 amide bonds. The van der Waals surface area contributed by atoms with E-state index in [4.69, 9.17) is 16.2 Å². The number of nitrogens with one attached hydrogen (secondary N) is 1. The largest absolute Gasteiger partial charge is 0.468 e. The van der Waals surface area contributed by atoms with E-state index in [1.165, 1.54) is 7.11 Å². The van der Waals surface area contributed by atoms with Crippen LogP contribution in [0.5, 0.6) is 0 Å². The second kappa shape index (κ2) is 7.92. The van der Waals surface area contributed by atoms with Crippen LogP contribution in [0.2, 0.25) is 0 Å². The molecule has 0 rings (SSSR count). The maximum Gasteiger partial charge on any atom is 0.322 e. The first-order valence-electron chi connectivity index (χ1n) is 5.36. The zero-order valence-corrected chi connectivity index (χ0v) is 10.2. The van der Waals surface area contributed by atoms with E-state index >= 15 is 0 Å². The molecule has 0 aromatic heterocycles. The van der Waals surface area contributed by atoms with E-state index in [0.29, 0.717) is 13.0 Å². The molecule has 0 saturated heterocycles. The predicted molar refractivity (Wildman–Crippen MR) is 64.0 cm³/mol. The van der Waals surface area contributed by atoms with Crippen LogP contribution in [0, 0.1) is 0 Å². The Morgan fingerprint density at radius 1 is 1.44 bits per heavy atom. The summed E-state index contributed by atoms with van der Waals surface area (Å²) in [5.41, 5.74) is 10.4. The smallest absolute Gasteiger partial charge is 0.322 e. The van der Waals surface area contributed by atoms with E-state index in [9.17, 15) is 4.79 Å². The van der Waals surface area contributed by atoms with Gasteiger partial charge in [-0.15, -0.1) is 0 Å². The molecule has 0 heterocycles. The third-order valence-electron chi connectivity index (χ3n) is 1.97. The number of esters is 1. The molecule has 0 fully saturated rings. The lowest BCUT2D eigenvalue weighted by molar-refractivity contribution is -0.143. The molecule has 6 heteroatoms. The summed E-state index contributed by atoms with van der Waals surface area (Å²) in [5.74, 6) is -0.176. The SMILES string of the molecule is COC(=O)C(CCCN=C(N)N)NC(C)C. The predicted octanol–water partition coefficient (Wildman–Crippen LogP) is -0.420. The third kappa shape index (κ3) is 7.05. The molecule has 0 radical (unpaired) electrons. The number of hydrogen-bond donors (Lipinski definition) is 3. The van der Waals surface area contributed by atoms with Crippen LogP contribution in [-0.4, -0.2) is 37.7 Å². The van der Waals surface area contributed by atoms with Crippen LogP contribution in [0.4, 0.5) is 0 Å². The highest BCUT2D eigenvalue weighted by Crippen LogP contribution is 2.01. The molecule has 0 spiro atoms. The van der Waals surface area contributed by atoms with Gasteiger partial charge in [0.2, 0.25) is 0 Å². The van der Waals surface area contributed by atoms with Crippen LogP contribution in [0.15, 0.2) is 4.99 Å². The monoisotopic (exact) mass is 230 g/mol. The number of hydrogen-bond acceptors (Lipinski definition) is 4. The molecule has 6 nitrogen and oxygen atoms in total. The fourth-order valence-corrected chi connectivity index (χ4v) is 1.32. The lowest BCUT2D eigenvalue weighted by Gasteiger charge is -2.18. The summed E-state index contributed by atoms with van der Waals surface area (Å²) in [7, 11) is 1.38. The van der Waals surface area contributed by atoms with E-state index in [1.807, 2.05) is 13.8 Å². The van der Waals surface area contributed by atoms with Crippen molar-refractivity contribution in [2.75, 3.05) is 13.7 Å². The summed E-state index contributed by atoms with van der Waals surface area (Å²) in [6.45, 7) is 4.48. The van der Waals surface area contributed by atoms with Gasteiger partial charge in [-0.2, -0.15) is 0 Å². The van der Waals surface area contributed by atoms with Crippen LogP contribution >= 0.6 is 0 Å². The van der Waals surface area contributed by atoms with Gasteiger partial charge in [-0.25, -0.2) is 0 Å². The number of rotatable bonds is 7. The fraction of sp³-hybridized carbons (Fsp3) is 0.800. The third-order valence-corrected chi connectivity index (χ3v) is 1.97. The Balaban J connectivity index is 4.02. The maximum absolute atomic E-state index is 11.4. The Morgan fingerprint density at radius 3 is 2.50 bits per heavy atom. The topological polar surface area (TPSA) is 103 Å². The summed E-state index contributed by atoms with van der Waals surface area (Å²) >= 11 is 0. The van der Waals surface area contributed by atoms with Crippen LogP contribution in [0.25, 0.3) is 0 Å². The van der Waals surface area contributed by atoms with Gasteiger partial charge in [-0.3, -0.25) is 9.79 Å². The molecule has 0 aliphatic heterocycles. The van der Waals surface area contributed by atoms with Crippen molar-refractivity contribution in [2.45, 2.75) is 38.8 Å². The van der Waals surface area contributed by atoms with Gasteiger partial charge in [-0.1, -0.05) is 13.8 Å². The zero-order valence-electron chi connectivity index (χ0n) is 10.2. The number of methoxy groups -OCH3 is 1. The number of ether oxygens (including phenoxy) is 1. The maximum atomic E-state index is 11.4. The molecular formula is C10H22N4O2. The van der Waals surface area contributed by atoms with Crippen molar-refractivity contribution in [3.63, 3.8) is 0 Å². The number of carbonyl (C=O) groups is 1. The van der Waals surface area contributed by atoms with Crippen molar-refractivity contribution in [2.24, 2.45) is 16.5 Å². The normalized spacial score (nSPS) is 12.2. The van der Waals surface area contributed by atoms with Crippen molar-refractivity contribution in [1.29, 1.82) is 0 Å². The number of nitrogens with zero attached hydrogens (tertiary/aromatic N) is 1. The van der Waals surface area contributed by atoms with Crippen molar-refractivity contribution >= 4 is 11.9 Å². The highest BCUT2D eigenvalue weighted by Gasteiger charge is 2.18. The molecule has 0 aliphatic carbocycles. The quantitative estimate of drug-likeness (QED) is 0.238. The average molecular weight is 230 g/mol. The van der Waals surface area contributed by atoms with Gasteiger partial charge in [0.1, 0.15) is 6.04 Å². The minimum atomic E-state index is -0.292. The highest BCUT2D eigenvalue weighted by molar-refractivity contribution is 5.76. The lowest BCUT2D eigenvalue weighted by atomic mass is 10.1. The van der Waals surface area contributed by atoms with Gasteiger partial charge in [-0.05, 0) is 12.8 Å². The second-order valence-corrected chi connectivity index (χ2v) is 3.85. The molecule has 0 aromatic carbocycles. The van der Waals surface area contributed by atoms with E-state index in [2.05, 4.69) is 10.3 Å². The van der Waals surface area contributed by atoms with Gasteiger partial charge in [0, 0.05) is 12.6 Å². The van der Waals surface area contributed by atoms with Crippen molar-refractivity contribution in [1.82, 2.24) is 5.32 Å². The van der Waals surface area contributed by atoms with Crippen LogP contribution in [0.3, 0.4) is 0 Å². The second-order valence-electron chi connectivity index (χ2n) is 3.85. The Labute approximate surface area is 96.4 Å². The molecule has 16 heavy (non-hydrogen) atoms. The van der Waals surface area contributed by atoms with Crippen LogP contribution in [0.1, 0.15) is 26.7 Å². The van der Waals surface area contributed by atoms with Gasteiger partial charge < -0.3 is 21.5 Å². The van der Waals surface area contributed by atoms with Crippen molar-refractivity contribution < 1.29 is 9.53 Å². The average Bonchev–Trinajstić information content (AvgIpc) is 2.20. The Morgan fingerprint density at radius 2 is 2.06 bits per heavy atom. The van der Waals surface area contributed by atoms with Crippen LogP contribution < -0.4 is 16.8 Å². The van der Waals surface area contributed by atoms with Crippen molar-refractivity contribution in [3.8, 4) is 0 Å². The first kappa shape index (κ1) is 14.7. The van der Waals surface area contributed by atoms with E-state index < -0.39 is 0 Å². The van der Waals surface area contributed by atoms with E-state index in [1.54, 1.807) is 0 Å². The first-order chi connectivity index (χ1) is 7.47. The highest BCUT2D eigenvalue weighted by atomic mass is 16.5. The summed E-state index contributed by atoms with van der Waals surface area (Å²) in [4.78, 5) is 15.3. The van der Waals surface area contributed by atoms with E-state index in [-0.39, 0.29) is 24.0 Å². The summed E-state index contributed by atoms with van der Waals surface area (Å²) in [6, 6.07) is -0.0635. The molecular weight excluding hydrogens is 208 g/mol. The molecule has 1 atom stereocenters. The summed E-state index contributed by atoms with van der Waals surface area (Å²) < 4.78 is 4.70. The number of aliphatic imine (C=N–C) groups is 1. The van der Waals surface area contributed by atoms with Crippen molar-refractivity contribution in [3.05, 3.63) is 0 Å². The molecule has 0 bridgehead atoms. The molecule has 0 aromatic rings. The molecule has 0 saturated carbocycles. The zero-order chi connectivity index (χ0) is 12.6. The Kier molecular flexibility index (Phi) is 7.28. The molecule has 1 unspecified atom stereocenters. The minimum Gasteiger partial charge on any atom is -0.468 e. The Hall–Kier alpha value is -1.30. The summed E-state index contributed by atoms with van der Waals surface area (Å²) in [6.07, 6.45) is 1.39. The number of guanidine groups is 1. The lowest BCUT2D eigenvalue weighted by Crippen LogP contribution is -2.41. The van der Waals surface area contributed by atoms with Gasteiger partial charge in [0.25, 0.3) is 0 Å². The fourth-order valence-electron chi connectivity index (χ4n) is 1.32. The molecule has 0 aliphatic rings. The van der Waals surface area contributed by atoms with Crippen LogP contribution in [-0.2, 0) is 9.53 Å².